The Labute approximate surface area is 159 Å². The molecule has 4 rings (SSSR count). The quantitative estimate of drug-likeness (QED) is 0.490. The van der Waals surface area contributed by atoms with Gasteiger partial charge < -0.3 is 10.3 Å². The van der Waals surface area contributed by atoms with Crippen molar-refractivity contribution < 1.29 is 0 Å². The summed E-state index contributed by atoms with van der Waals surface area (Å²) in [6.45, 7) is 6.16. The van der Waals surface area contributed by atoms with Crippen molar-refractivity contribution in [3.05, 3.63) is 68.4 Å². The van der Waals surface area contributed by atoms with E-state index in [1.807, 2.05) is 29.8 Å². The first-order valence-corrected chi connectivity index (χ1v) is 10.2. The van der Waals surface area contributed by atoms with Crippen LogP contribution in [0.25, 0.3) is 20.7 Å². The molecular weight excluding hydrogens is 362 g/mol. The third-order valence-corrected chi connectivity index (χ3v) is 6.04. The lowest BCUT2D eigenvalue weighted by atomic mass is 10.1. The molecule has 3 aromatic heterocycles. The van der Waals surface area contributed by atoms with Crippen molar-refractivity contribution in [3.63, 3.8) is 0 Å². The Morgan fingerprint density at radius 1 is 1.15 bits per heavy atom. The van der Waals surface area contributed by atoms with Gasteiger partial charge in [-0.2, -0.15) is 0 Å². The fraction of sp³-hybridized carbons (Fsp3) is 0.200. The molecule has 4 aromatic rings. The molecule has 26 heavy (non-hydrogen) atoms. The Kier molecular flexibility index (Phi) is 4.38. The third-order valence-electron chi connectivity index (χ3n) is 4.26. The van der Waals surface area contributed by atoms with Crippen molar-refractivity contribution in [2.24, 2.45) is 0 Å². The highest BCUT2D eigenvalue weighted by Crippen LogP contribution is 2.33. The minimum Gasteiger partial charge on any atom is -0.375 e. The molecule has 0 saturated carbocycles. The maximum absolute atomic E-state index is 12.7. The van der Waals surface area contributed by atoms with Crippen LogP contribution in [0.3, 0.4) is 0 Å². The van der Waals surface area contributed by atoms with E-state index in [9.17, 15) is 4.79 Å². The number of nitrogens with zero attached hydrogens (tertiary/aromatic N) is 1. The van der Waals surface area contributed by atoms with Crippen LogP contribution in [0.2, 0.25) is 0 Å². The average molecular weight is 382 g/mol. The Balaban J connectivity index is 1.70. The van der Waals surface area contributed by atoms with Gasteiger partial charge in [0.25, 0.3) is 5.56 Å². The van der Waals surface area contributed by atoms with Crippen molar-refractivity contribution in [1.29, 1.82) is 0 Å². The highest BCUT2D eigenvalue weighted by molar-refractivity contribution is 7.18. The number of H-pyrrole nitrogens is 1. The molecule has 0 radical (unpaired) electrons. The number of aryl methyl sites for hydroxylation is 2. The summed E-state index contributed by atoms with van der Waals surface area (Å²) < 4.78 is 0. The van der Waals surface area contributed by atoms with E-state index in [0.29, 0.717) is 11.2 Å². The predicted octanol–water partition coefficient (Wildman–Crippen LogP) is 5.50. The molecule has 0 aliphatic rings. The molecule has 0 bridgehead atoms. The van der Waals surface area contributed by atoms with Gasteiger partial charge in [0, 0.05) is 21.5 Å². The lowest BCUT2D eigenvalue weighted by molar-refractivity contribution is 0.792. The number of fused-ring (bicyclic) bond motifs is 1. The number of benzene rings is 1. The fourth-order valence-electron chi connectivity index (χ4n) is 3.16. The van der Waals surface area contributed by atoms with Crippen LogP contribution in [-0.2, 0) is 0 Å². The van der Waals surface area contributed by atoms with Crippen molar-refractivity contribution in [3.8, 4) is 10.4 Å². The maximum atomic E-state index is 12.7. The van der Waals surface area contributed by atoms with Crippen LogP contribution in [0.4, 0.5) is 5.69 Å². The highest BCUT2D eigenvalue weighted by atomic mass is 32.1. The summed E-state index contributed by atoms with van der Waals surface area (Å²) >= 11 is 3.15. The zero-order valence-electron chi connectivity index (χ0n) is 14.8. The third kappa shape index (κ3) is 3.18. The SMILES string of the molecule is Cc1cc(C)cc(N[C@H](C)c2nc3scc(-c4cccs4)c3c(=O)[nH]2)c1. The summed E-state index contributed by atoms with van der Waals surface area (Å²) in [6, 6.07) is 10.3. The molecule has 0 spiro atoms. The van der Waals surface area contributed by atoms with Gasteiger partial charge in [-0.15, -0.1) is 22.7 Å². The molecule has 132 valence electrons. The number of nitrogens with one attached hydrogen (secondary N) is 2. The number of aromatic amines is 1. The largest absolute Gasteiger partial charge is 0.375 e. The smallest absolute Gasteiger partial charge is 0.260 e. The number of hydrogen-bond acceptors (Lipinski definition) is 5. The highest BCUT2D eigenvalue weighted by Gasteiger charge is 2.16. The Hall–Kier alpha value is -2.44. The monoisotopic (exact) mass is 381 g/mol. The average Bonchev–Trinajstić information content (AvgIpc) is 3.22. The summed E-state index contributed by atoms with van der Waals surface area (Å²) in [7, 11) is 0. The number of rotatable bonds is 4. The van der Waals surface area contributed by atoms with Gasteiger partial charge in [-0.25, -0.2) is 4.98 Å². The van der Waals surface area contributed by atoms with Crippen molar-refractivity contribution in [2.45, 2.75) is 26.8 Å². The molecule has 0 aliphatic carbocycles. The van der Waals surface area contributed by atoms with E-state index in [-0.39, 0.29) is 11.6 Å². The number of aromatic nitrogens is 2. The topological polar surface area (TPSA) is 57.8 Å². The van der Waals surface area contributed by atoms with E-state index in [4.69, 9.17) is 4.98 Å². The molecular formula is C20H19N3OS2. The van der Waals surface area contributed by atoms with Crippen LogP contribution in [0.5, 0.6) is 0 Å². The molecule has 1 aromatic carbocycles. The molecule has 0 aliphatic heterocycles. The van der Waals surface area contributed by atoms with Crippen molar-refractivity contribution in [1.82, 2.24) is 9.97 Å². The van der Waals surface area contributed by atoms with Gasteiger partial charge in [-0.05, 0) is 55.5 Å². The summed E-state index contributed by atoms with van der Waals surface area (Å²) in [5.41, 5.74) is 4.33. The Bertz CT molecular complexity index is 1110. The minimum absolute atomic E-state index is 0.0799. The molecule has 4 nitrogen and oxygen atoms in total. The zero-order chi connectivity index (χ0) is 18.3. The molecule has 6 heteroatoms. The number of thiophene rings is 2. The van der Waals surface area contributed by atoms with Crippen LogP contribution in [0.15, 0.2) is 45.9 Å². The summed E-state index contributed by atoms with van der Waals surface area (Å²) in [4.78, 5) is 22.3. The Morgan fingerprint density at radius 3 is 2.62 bits per heavy atom. The predicted molar refractivity (Wildman–Crippen MR) is 112 cm³/mol. The molecule has 2 N–H and O–H groups in total. The lowest BCUT2D eigenvalue weighted by Gasteiger charge is -2.15. The second-order valence-electron chi connectivity index (χ2n) is 6.50. The molecule has 0 saturated heterocycles. The molecule has 1 atom stereocenters. The van der Waals surface area contributed by atoms with Crippen LogP contribution in [-0.4, -0.2) is 9.97 Å². The van der Waals surface area contributed by atoms with Gasteiger partial charge in [0.05, 0.1) is 11.4 Å². The van der Waals surface area contributed by atoms with Gasteiger partial charge in [0.2, 0.25) is 0 Å². The molecule has 0 amide bonds. The molecule has 3 heterocycles. The first-order chi connectivity index (χ1) is 12.5. The van der Waals surface area contributed by atoms with Crippen LogP contribution < -0.4 is 10.9 Å². The Morgan fingerprint density at radius 2 is 1.92 bits per heavy atom. The van der Waals surface area contributed by atoms with Gasteiger partial charge in [-0.3, -0.25) is 4.79 Å². The molecule has 0 fully saturated rings. The normalized spacial score (nSPS) is 12.4. The van der Waals surface area contributed by atoms with E-state index in [1.165, 1.54) is 22.5 Å². The first-order valence-electron chi connectivity index (χ1n) is 8.41. The number of hydrogen-bond donors (Lipinski definition) is 2. The van der Waals surface area contributed by atoms with Gasteiger partial charge in [0.15, 0.2) is 0 Å². The minimum atomic E-state index is -0.0967. The zero-order valence-corrected chi connectivity index (χ0v) is 16.4. The van der Waals surface area contributed by atoms with Crippen LogP contribution >= 0.6 is 22.7 Å². The summed E-state index contributed by atoms with van der Waals surface area (Å²) in [5.74, 6) is 0.654. The summed E-state index contributed by atoms with van der Waals surface area (Å²) in [6.07, 6.45) is 0. The van der Waals surface area contributed by atoms with E-state index < -0.39 is 0 Å². The van der Waals surface area contributed by atoms with E-state index >= 15 is 0 Å². The van der Waals surface area contributed by atoms with Crippen molar-refractivity contribution >= 4 is 38.6 Å². The standard InChI is InChI=1S/C20H19N3OS2/c1-11-7-12(2)9-14(8-11)21-13(3)18-22-19(24)17-15(10-26-20(17)23-18)16-5-4-6-25-16/h4-10,13,21H,1-3H3,(H,22,23,24)/t13-/m1/s1. The number of anilines is 1. The van der Waals surface area contributed by atoms with Gasteiger partial charge >= 0.3 is 0 Å². The second kappa shape index (κ2) is 6.70. The van der Waals surface area contributed by atoms with E-state index in [1.54, 1.807) is 11.3 Å². The van der Waals surface area contributed by atoms with Gasteiger partial charge in [0.1, 0.15) is 10.7 Å². The maximum Gasteiger partial charge on any atom is 0.260 e. The van der Waals surface area contributed by atoms with Gasteiger partial charge in [-0.1, -0.05) is 12.1 Å². The second-order valence-corrected chi connectivity index (χ2v) is 8.31. The van der Waals surface area contributed by atoms with E-state index in [2.05, 4.69) is 42.3 Å². The lowest BCUT2D eigenvalue weighted by Crippen LogP contribution is -2.17. The van der Waals surface area contributed by atoms with E-state index in [0.717, 1.165) is 21.0 Å². The van der Waals surface area contributed by atoms with Crippen LogP contribution in [0, 0.1) is 13.8 Å². The summed E-state index contributed by atoms with van der Waals surface area (Å²) in [5, 5.41) is 8.16. The fourth-order valence-corrected chi connectivity index (χ4v) is 4.93. The van der Waals surface area contributed by atoms with Crippen LogP contribution in [0.1, 0.15) is 29.9 Å². The van der Waals surface area contributed by atoms with Crippen molar-refractivity contribution in [2.75, 3.05) is 5.32 Å². The molecule has 0 unspecified atom stereocenters. The first kappa shape index (κ1) is 17.0.